The van der Waals surface area contributed by atoms with Gasteiger partial charge in [-0.2, -0.15) is 0 Å². The largest absolute Gasteiger partial charge is 0.469 e. The fourth-order valence-corrected chi connectivity index (χ4v) is 3.09. The van der Waals surface area contributed by atoms with Crippen LogP contribution in [0.2, 0.25) is 0 Å². The molecule has 2 heteroatoms. The van der Waals surface area contributed by atoms with E-state index in [4.69, 9.17) is 10.2 Å². The normalized spacial score (nSPS) is 26.9. The standard InChI is InChI=1S/C15H25NO/c1-2-12-5-3-6-13(11-12)15(16)9-8-14-7-4-10-17-14/h4,7,10,12-13,15H,2-3,5-6,8-9,11,16H2,1H3. The summed E-state index contributed by atoms with van der Waals surface area (Å²) in [4.78, 5) is 0. The lowest BCUT2D eigenvalue weighted by atomic mass is 9.76. The Morgan fingerprint density at radius 2 is 2.35 bits per heavy atom. The van der Waals surface area contributed by atoms with E-state index in [0.29, 0.717) is 6.04 Å². The van der Waals surface area contributed by atoms with E-state index in [1.54, 1.807) is 6.26 Å². The molecular weight excluding hydrogens is 210 g/mol. The molecule has 1 aromatic rings. The third-order valence-electron chi connectivity index (χ3n) is 4.31. The zero-order valence-electron chi connectivity index (χ0n) is 10.9. The maximum absolute atomic E-state index is 6.34. The van der Waals surface area contributed by atoms with Crippen molar-refractivity contribution in [3.8, 4) is 0 Å². The smallest absolute Gasteiger partial charge is 0.103 e. The molecule has 96 valence electrons. The molecule has 1 aliphatic carbocycles. The van der Waals surface area contributed by atoms with Gasteiger partial charge in [-0.25, -0.2) is 0 Å². The van der Waals surface area contributed by atoms with Crippen LogP contribution in [0.5, 0.6) is 0 Å². The van der Waals surface area contributed by atoms with E-state index in [-0.39, 0.29) is 0 Å². The van der Waals surface area contributed by atoms with Gasteiger partial charge in [-0.05, 0) is 43.2 Å². The van der Waals surface area contributed by atoms with E-state index in [2.05, 4.69) is 6.92 Å². The van der Waals surface area contributed by atoms with Crippen molar-refractivity contribution in [3.05, 3.63) is 24.2 Å². The van der Waals surface area contributed by atoms with Crippen molar-refractivity contribution in [2.24, 2.45) is 17.6 Å². The van der Waals surface area contributed by atoms with E-state index in [1.807, 2.05) is 12.1 Å². The molecule has 1 heterocycles. The minimum absolute atomic E-state index is 0.356. The average molecular weight is 235 g/mol. The maximum Gasteiger partial charge on any atom is 0.103 e. The number of aryl methyl sites for hydroxylation is 1. The van der Waals surface area contributed by atoms with Crippen LogP contribution in [0.1, 0.15) is 51.2 Å². The molecule has 2 nitrogen and oxygen atoms in total. The van der Waals surface area contributed by atoms with Crippen LogP contribution in [0.3, 0.4) is 0 Å². The highest BCUT2D eigenvalue weighted by Crippen LogP contribution is 2.33. The summed E-state index contributed by atoms with van der Waals surface area (Å²) in [6.07, 6.45) is 10.6. The molecule has 3 unspecified atom stereocenters. The van der Waals surface area contributed by atoms with Gasteiger partial charge in [0, 0.05) is 12.5 Å². The second-order valence-electron chi connectivity index (χ2n) is 5.48. The van der Waals surface area contributed by atoms with Crippen molar-refractivity contribution < 1.29 is 4.42 Å². The average Bonchev–Trinajstić information content (AvgIpc) is 2.89. The van der Waals surface area contributed by atoms with Crippen molar-refractivity contribution >= 4 is 0 Å². The first-order chi connectivity index (χ1) is 8.29. The topological polar surface area (TPSA) is 39.2 Å². The van der Waals surface area contributed by atoms with Crippen LogP contribution in [-0.2, 0) is 6.42 Å². The fourth-order valence-electron chi connectivity index (χ4n) is 3.09. The molecule has 1 aromatic heterocycles. The molecule has 2 rings (SSSR count). The predicted octanol–water partition coefficient (Wildman–Crippen LogP) is 3.76. The van der Waals surface area contributed by atoms with Crippen LogP contribution in [0.4, 0.5) is 0 Å². The van der Waals surface area contributed by atoms with Crippen molar-refractivity contribution in [1.82, 2.24) is 0 Å². The minimum Gasteiger partial charge on any atom is -0.469 e. The Bertz CT molecular complexity index is 307. The van der Waals surface area contributed by atoms with Gasteiger partial charge in [-0.3, -0.25) is 0 Å². The van der Waals surface area contributed by atoms with Gasteiger partial charge in [0.15, 0.2) is 0 Å². The first-order valence-corrected chi connectivity index (χ1v) is 7.07. The Morgan fingerprint density at radius 1 is 1.47 bits per heavy atom. The highest BCUT2D eigenvalue weighted by Gasteiger charge is 2.25. The van der Waals surface area contributed by atoms with E-state index >= 15 is 0 Å². The monoisotopic (exact) mass is 235 g/mol. The van der Waals surface area contributed by atoms with Crippen molar-refractivity contribution in [1.29, 1.82) is 0 Å². The van der Waals surface area contributed by atoms with Crippen LogP contribution >= 0.6 is 0 Å². The Hall–Kier alpha value is -0.760. The fraction of sp³-hybridized carbons (Fsp3) is 0.733. The molecular formula is C15H25NO. The summed E-state index contributed by atoms with van der Waals surface area (Å²) >= 11 is 0. The summed E-state index contributed by atoms with van der Waals surface area (Å²) in [6, 6.07) is 4.35. The van der Waals surface area contributed by atoms with Crippen molar-refractivity contribution in [2.45, 2.75) is 57.9 Å². The molecule has 0 bridgehead atoms. The number of hydrogen-bond donors (Lipinski definition) is 1. The summed E-state index contributed by atoms with van der Waals surface area (Å²) < 4.78 is 5.36. The molecule has 0 aliphatic heterocycles. The minimum atomic E-state index is 0.356. The number of hydrogen-bond acceptors (Lipinski definition) is 2. The Kier molecular flexibility index (Phi) is 4.66. The molecule has 1 saturated carbocycles. The van der Waals surface area contributed by atoms with Gasteiger partial charge in [0.05, 0.1) is 6.26 Å². The predicted molar refractivity (Wildman–Crippen MR) is 70.7 cm³/mol. The van der Waals surface area contributed by atoms with Gasteiger partial charge < -0.3 is 10.2 Å². The third-order valence-corrected chi connectivity index (χ3v) is 4.31. The summed E-state index contributed by atoms with van der Waals surface area (Å²) in [7, 11) is 0. The molecule has 3 atom stereocenters. The van der Waals surface area contributed by atoms with Gasteiger partial charge in [0.25, 0.3) is 0 Å². The summed E-state index contributed by atoms with van der Waals surface area (Å²) in [5.74, 6) is 2.73. The Balaban J connectivity index is 1.76. The Morgan fingerprint density at radius 3 is 3.06 bits per heavy atom. The van der Waals surface area contributed by atoms with Crippen LogP contribution in [0.15, 0.2) is 22.8 Å². The van der Waals surface area contributed by atoms with E-state index in [0.717, 1.165) is 30.4 Å². The molecule has 0 amide bonds. The number of rotatable bonds is 5. The second kappa shape index (κ2) is 6.25. The molecule has 1 fully saturated rings. The van der Waals surface area contributed by atoms with Crippen LogP contribution < -0.4 is 5.73 Å². The first-order valence-electron chi connectivity index (χ1n) is 7.07. The molecule has 0 radical (unpaired) electrons. The SMILES string of the molecule is CCC1CCCC(C(N)CCc2ccco2)C1. The highest BCUT2D eigenvalue weighted by atomic mass is 16.3. The lowest BCUT2D eigenvalue weighted by molar-refractivity contribution is 0.222. The molecule has 0 aromatic carbocycles. The van der Waals surface area contributed by atoms with Gasteiger partial charge in [0.2, 0.25) is 0 Å². The van der Waals surface area contributed by atoms with E-state index in [1.165, 1.54) is 32.1 Å². The van der Waals surface area contributed by atoms with Gasteiger partial charge >= 0.3 is 0 Å². The summed E-state index contributed by atoms with van der Waals surface area (Å²) in [5, 5.41) is 0. The van der Waals surface area contributed by atoms with Crippen LogP contribution in [0, 0.1) is 11.8 Å². The highest BCUT2D eigenvalue weighted by molar-refractivity contribution is 4.98. The summed E-state index contributed by atoms with van der Waals surface area (Å²) in [5.41, 5.74) is 6.34. The van der Waals surface area contributed by atoms with Gasteiger partial charge in [-0.15, -0.1) is 0 Å². The zero-order valence-corrected chi connectivity index (χ0v) is 10.9. The second-order valence-corrected chi connectivity index (χ2v) is 5.48. The van der Waals surface area contributed by atoms with E-state index in [9.17, 15) is 0 Å². The number of furan rings is 1. The molecule has 2 N–H and O–H groups in total. The maximum atomic E-state index is 6.34. The lowest BCUT2D eigenvalue weighted by Crippen LogP contribution is -2.34. The van der Waals surface area contributed by atoms with Crippen LogP contribution in [-0.4, -0.2) is 6.04 Å². The molecule has 0 saturated heterocycles. The first kappa shape index (κ1) is 12.7. The molecule has 1 aliphatic rings. The van der Waals surface area contributed by atoms with Gasteiger partial charge in [-0.1, -0.05) is 26.2 Å². The van der Waals surface area contributed by atoms with Crippen molar-refractivity contribution in [3.63, 3.8) is 0 Å². The Labute approximate surface area is 105 Å². The van der Waals surface area contributed by atoms with Gasteiger partial charge in [0.1, 0.15) is 5.76 Å². The summed E-state index contributed by atoms with van der Waals surface area (Å²) in [6.45, 7) is 2.31. The lowest BCUT2D eigenvalue weighted by Gasteiger charge is -2.32. The van der Waals surface area contributed by atoms with Crippen molar-refractivity contribution in [2.75, 3.05) is 0 Å². The third kappa shape index (κ3) is 3.60. The number of nitrogens with two attached hydrogens (primary N) is 1. The molecule has 17 heavy (non-hydrogen) atoms. The quantitative estimate of drug-likeness (QED) is 0.844. The van der Waals surface area contributed by atoms with E-state index < -0.39 is 0 Å². The molecule has 0 spiro atoms. The van der Waals surface area contributed by atoms with Crippen LogP contribution in [0.25, 0.3) is 0 Å². The zero-order chi connectivity index (χ0) is 12.1.